The van der Waals surface area contributed by atoms with Crippen molar-refractivity contribution in [3.05, 3.63) is 34.3 Å². The third-order valence-electron chi connectivity index (χ3n) is 3.32. The lowest BCUT2D eigenvalue weighted by Gasteiger charge is -2.44. The smallest absolute Gasteiger partial charge is 0.248 e. The van der Waals surface area contributed by atoms with Gasteiger partial charge in [0.25, 0.3) is 0 Å². The fourth-order valence-electron chi connectivity index (χ4n) is 2.55. The zero-order chi connectivity index (χ0) is 11.9. The molecule has 1 saturated carbocycles. The summed E-state index contributed by atoms with van der Waals surface area (Å²) in [5, 5.41) is 0.627. The molecule has 16 heavy (non-hydrogen) atoms. The van der Waals surface area contributed by atoms with Crippen molar-refractivity contribution in [2.24, 2.45) is 11.5 Å². The number of primary amides is 1. The van der Waals surface area contributed by atoms with Crippen molar-refractivity contribution in [3.8, 4) is 0 Å². The number of nitrogens with two attached hydrogens (primary N) is 2. The first-order valence-electron chi connectivity index (χ1n) is 5.28. The van der Waals surface area contributed by atoms with Crippen LogP contribution >= 0.6 is 11.6 Å². The van der Waals surface area contributed by atoms with E-state index in [-0.39, 0.29) is 11.5 Å². The van der Waals surface area contributed by atoms with Gasteiger partial charge in [0.1, 0.15) is 0 Å². The molecule has 4 N–H and O–H groups in total. The molecule has 0 unspecified atom stereocenters. The van der Waals surface area contributed by atoms with Gasteiger partial charge in [0, 0.05) is 16.6 Å². The summed E-state index contributed by atoms with van der Waals surface area (Å²) >= 11 is 5.96. The SMILES string of the molecule is C[C@]1(c2cc(Cl)ccc2C(N)=O)C[C@@H](N)C1. The van der Waals surface area contributed by atoms with Crippen LogP contribution in [0, 0.1) is 0 Å². The van der Waals surface area contributed by atoms with Gasteiger partial charge in [-0.3, -0.25) is 4.79 Å². The van der Waals surface area contributed by atoms with E-state index < -0.39 is 5.91 Å². The Balaban J connectivity index is 2.46. The molecule has 1 aromatic rings. The molecule has 1 aliphatic carbocycles. The van der Waals surface area contributed by atoms with Crippen molar-refractivity contribution in [2.45, 2.75) is 31.2 Å². The number of rotatable bonds is 2. The fraction of sp³-hybridized carbons (Fsp3) is 0.417. The number of carbonyl (C=O) groups is 1. The van der Waals surface area contributed by atoms with Gasteiger partial charge in [-0.2, -0.15) is 0 Å². The monoisotopic (exact) mass is 238 g/mol. The lowest BCUT2D eigenvalue weighted by atomic mass is 9.62. The van der Waals surface area contributed by atoms with E-state index in [9.17, 15) is 4.79 Å². The Bertz CT molecular complexity index is 439. The Morgan fingerprint density at radius 3 is 2.62 bits per heavy atom. The summed E-state index contributed by atoms with van der Waals surface area (Å²) in [6.07, 6.45) is 1.74. The molecule has 0 radical (unpaired) electrons. The van der Waals surface area contributed by atoms with Crippen LogP contribution in [-0.2, 0) is 5.41 Å². The summed E-state index contributed by atoms with van der Waals surface area (Å²) in [7, 11) is 0. The summed E-state index contributed by atoms with van der Waals surface area (Å²) < 4.78 is 0. The van der Waals surface area contributed by atoms with Gasteiger partial charge in [0.15, 0.2) is 0 Å². The molecule has 0 aliphatic heterocycles. The highest BCUT2D eigenvalue weighted by atomic mass is 35.5. The molecule has 86 valence electrons. The van der Waals surface area contributed by atoms with E-state index in [1.54, 1.807) is 12.1 Å². The van der Waals surface area contributed by atoms with Crippen LogP contribution in [0.15, 0.2) is 18.2 Å². The first-order chi connectivity index (χ1) is 7.42. The number of hydrogen-bond donors (Lipinski definition) is 2. The quantitative estimate of drug-likeness (QED) is 0.825. The minimum atomic E-state index is -0.409. The third kappa shape index (κ3) is 1.81. The second-order valence-corrected chi connectivity index (χ2v) is 5.22. The Hall–Kier alpha value is -1.06. The largest absolute Gasteiger partial charge is 0.366 e. The first-order valence-corrected chi connectivity index (χ1v) is 5.65. The molecule has 0 atom stereocenters. The maximum atomic E-state index is 11.3. The van der Waals surface area contributed by atoms with E-state index in [2.05, 4.69) is 6.92 Å². The maximum Gasteiger partial charge on any atom is 0.248 e. The maximum absolute atomic E-state index is 11.3. The number of hydrogen-bond acceptors (Lipinski definition) is 2. The van der Waals surface area contributed by atoms with Crippen LogP contribution in [0.25, 0.3) is 0 Å². The third-order valence-corrected chi connectivity index (χ3v) is 3.56. The van der Waals surface area contributed by atoms with Gasteiger partial charge >= 0.3 is 0 Å². The van der Waals surface area contributed by atoms with E-state index in [0.717, 1.165) is 18.4 Å². The molecular weight excluding hydrogens is 224 g/mol. The van der Waals surface area contributed by atoms with E-state index in [0.29, 0.717) is 10.6 Å². The minimum absolute atomic E-state index is 0.0608. The van der Waals surface area contributed by atoms with E-state index in [1.165, 1.54) is 0 Å². The highest BCUT2D eigenvalue weighted by molar-refractivity contribution is 6.30. The standard InChI is InChI=1S/C12H15ClN2O/c1-12(5-8(14)6-12)10-4-7(13)2-3-9(10)11(15)16/h2-4,8H,5-6,14H2,1H3,(H2,15,16)/t8-,12+. The van der Waals surface area contributed by atoms with Crippen molar-refractivity contribution in [2.75, 3.05) is 0 Å². The topological polar surface area (TPSA) is 69.1 Å². The Kier molecular flexibility index (Phi) is 2.68. The predicted molar refractivity (Wildman–Crippen MR) is 64.5 cm³/mol. The van der Waals surface area contributed by atoms with Gasteiger partial charge in [-0.15, -0.1) is 0 Å². The van der Waals surface area contributed by atoms with Crippen LogP contribution in [0.1, 0.15) is 35.7 Å². The summed E-state index contributed by atoms with van der Waals surface area (Å²) in [4.78, 5) is 11.3. The van der Waals surface area contributed by atoms with Gasteiger partial charge in [0.2, 0.25) is 5.91 Å². The van der Waals surface area contributed by atoms with Crippen molar-refractivity contribution in [1.82, 2.24) is 0 Å². The zero-order valence-corrected chi connectivity index (χ0v) is 9.92. The fourth-order valence-corrected chi connectivity index (χ4v) is 2.72. The number of halogens is 1. The molecular formula is C12H15ClN2O. The molecule has 0 spiro atoms. The number of amides is 1. The first kappa shape index (κ1) is 11.4. The molecule has 0 aromatic heterocycles. The van der Waals surface area contributed by atoms with Crippen LogP contribution in [-0.4, -0.2) is 11.9 Å². The van der Waals surface area contributed by atoms with E-state index in [1.807, 2.05) is 6.07 Å². The lowest BCUT2D eigenvalue weighted by Crippen LogP contribution is -2.48. The molecule has 3 nitrogen and oxygen atoms in total. The molecule has 0 heterocycles. The molecule has 1 amide bonds. The lowest BCUT2D eigenvalue weighted by molar-refractivity contribution is 0.0994. The Morgan fingerprint density at radius 2 is 2.12 bits per heavy atom. The van der Waals surface area contributed by atoms with Crippen molar-refractivity contribution in [3.63, 3.8) is 0 Å². The highest BCUT2D eigenvalue weighted by Gasteiger charge is 2.41. The summed E-state index contributed by atoms with van der Waals surface area (Å²) in [5.74, 6) is -0.409. The molecule has 0 bridgehead atoms. The Labute approximate surface area is 99.8 Å². The molecule has 4 heteroatoms. The van der Waals surface area contributed by atoms with Crippen LogP contribution in [0.3, 0.4) is 0 Å². The van der Waals surface area contributed by atoms with Gasteiger partial charge in [0.05, 0.1) is 0 Å². The molecule has 1 fully saturated rings. The van der Waals surface area contributed by atoms with Gasteiger partial charge in [-0.1, -0.05) is 18.5 Å². The van der Waals surface area contributed by atoms with Crippen LogP contribution in [0.2, 0.25) is 5.02 Å². The predicted octanol–water partition coefficient (Wildman–Crippen LogP) is 1.82. The normalized spacial score (nSPS) is 28.6. The average molecular weight is 239 g/mol. The van der Waals surface area contributed by atoms with Crippen molar-refractivity contribution < 1.29 is 4.79 Å². The minimum Gasteiger partial charge on any atom is -0.366 e. The van der Waals surface area contributed by atoms with Gasteiger partial charge in [-0.25, -0.2) is 0 Å². The second kappa shape index (κ2) is 3.75. The number of benzene rings is 1. The molecule has 1 aromatic carbocycles. The average Bonchev–Trinajstić information content (AvgIpc) is 2.14. The van der Waals surface area contributed by atoms with E-state index in [4.69, 9.17) is 23.1 Å². The second-order valence-electron chi connectivity index (χ2n) is 4.78. The van der Waals surface area contributed by atoms with Gasteiger partial charge < -0.3 is 11.5 Å². The van der Waals surface area contributed by atoms with Crippen molar-refractivity contribution >= 4 is 17.5 Å². The Morgan fingerprint density at radius 1 is 1.50 bits per heavy atom. The van der Waals surface area contributed by atoms with Crippen LogP contribution < -0.4 is 11.5 Å². The van der Waals surface area contributed by atoms with E-state index >= 15 is 0 Å². The van der Waals surface area contributed by atoms with Crippen LogP contribution in [0.5, 0.6) is 0 Å². The van der Waals surface area contributed by atoms with Crippen molar-refractivity contribution in [1.29, 1.82) is 0 Å². The molecule has 2 rings (SSSR count). The molecule has 0 saturated heterocycles. The number of carbonyl (C=O) groups excluding carboxylic acids is 1. The van der Waals surface area contributed by atoms with Crippen LogP contribution in [0.4, 0.5) is 0 Å². The summed E-state index contributed by atoms with van der Waals surface area (Å²) in [6, 6.07) is 5.42. The molecule has 1 aliphatic rings. The van der Waals surface area contributed by atoms with Gasteiger partial charge in [-0.05, 0) is 42.0 Å². The zero-order valence-electron chi connectivity index (χ0n) is 9.16. The highest BCUT2D eigenvalue weighted by Crippen LogP contribution is 2.44. The summed E-state index contributed by atoms with van der Waals surface area (Å²) in [6.45, 7) is 2.09. The summed E-state index contributed by atoms with van der Waals surface area (Å²) in [5.41, 5.74) is 12.6.